The predicted molar refractivity (Wildman–Crippen MR) is 83.2 cm³/mol. The van der Waals surface area contributed by atoms with Crippen LogP contribution in [0.3, 0.4) is 0 Å². The number of carbonyl (C=O) groups is 1. The third kappa shape index (κ3) is 3.74. The van der Waals surface area contributed by atoms with Crippen LogP contribution in [0, 0.1) is 10.1 Å². The Hall–Kier alpha value is -2.26. The van der Waals surface area contributed by atoms with Crippen LogP contribution in [0.5, 0.6) is 0 Å². The second-order valence-corrected chi connectivity index (χ2v) is 6.92. The molecule has 9 heteroatoms. The number of non-ortho nitro benzene ring substituents is 1. The average Bonchev–Trinajstić information content (AvgIpc) is 2.55. The van der Waals surface area contributed by atoms with Gasteiger partial charge in [0, 0.05) is 38.3 Å². The molecule has 1 amide bonds. The first-order valence-corrected chi connectivity index (χ1v) is 8.46. The van der Waals surface area contributed by atoms with Crippen molar-refractivity contribution >= 4 is 21.6 Å². The number of carbonyl (C=O) groups excluding carboxylic acids is 1. The zero-order chi connectivity index (χ0) is 17.0. The largest absolute Gasteiger partial charge is 0.337 e. The van der Waals surface area contributed by atoms with Crippen molar-refractivity contribution in [3.05, 3.63) is 46.5 Å². The molecule has 1 saturated heterocycles. The van der Waals surface area contributed by atoms with Gasteiger partial charge in [0.05, 0.1) is 9.82 Å². The van der Waals surface area contributed by atoms with Crippen LogP contribution in [0.2, 0.25) is 0 Å². The monoisotopic (exact) mass is 339 g/mol. The number of nitrogens with zero attached hydrogens (tertiary/aromatic N) is 3. The van der Waals surface area contributed by atoms with Crippen LogP contribution in [0.1, 0.15) is 6.92 Å². The van der Waals surface area contributed by atoms with Crippen LogP contribution < -0.4 is 0 Å². The quantitative estimate of drug-likeness (QED) is 0.463. The van der Waals surface area contributed by atoms with E-state index in [0.717, 1.165) is 6.07 Å². The van der Waals surface area contributed by atoms with E-state index in [1.165, 1.54) is 28.6 Å². The summed E-state index contributed by atoms with van der Waals surface area (Å²) in [6.07, 6.45) is 3.07. The molecule has 0 unspecified atom stereocenters. The van der Waals surface area contributed by atoms with E-state index in [1.54, 1.807) is 17.9 Å². The Bertz CT molecular complexity index is 737. The zero-order valence-corrected chi connectivity index (χ0v) is 13.4. The molecule has 1 aromatic rings. The first kappa shape index (κ1) is 17.1. The fourth-order valence-electron chi connectivity index (χ4n) is 2.30. The molecule has 0 saturated carbocycles. The third-order valence-corrected chi connectivity index (χ3v) is 5.42. The maximum Gasteiger partial charge on any atom is 0.270 e. The van der Waals surface area contributed by atoms with Crippen LogP contribution in [-0.4, -0.2) is 54.6 Å². The Kier molecular flexibility index (Phi) is 5.12. The first-order chi connectivity index (χ1) is 10.9. The number of amides is 1. The highest BCUT2D eigenvalue weighted by Crippen LogP contribution is 2.22. The van der Waals surface area contributed by atoms with Gasteiger partial charge in [-0.3, -0.25) is 14.9 Å². The van der Waals surface area contributed by atoms with E-state index in [2.05, 4.69) is 0 Å². The molecule has 0 bridgehead atoms. The molecule has 1 aromatic carbocycles. The molecule has 0 aromatic heterocycles. The Morgan fingerprint density at radius 3 is 2.48 bits per heavy atom. The minimum atomic E-state index is -3.81. The van der Waals surface area contributed by atoms with Gasteiger partial charge in [0.2, 0.25) is 15.9 Å². The van der Waals surface area contributed by atoms with Gasteiger partial charge in [-0.1, -0.05) is 12.1 Å². The van der Waals surface area contributed by atoms with Gasteiger partial charge >= 0.3 is 0 Å². The molecule has 0 radical (unpaired) electrons. The molecule has 1 fully saturated rings. The molecule has 1 heterocycles. The molecule has 0 N–H and O–H groups in total. The normalized spacial score (nSPS) is 16.7. The van der Waals surface area contributed by atoms with E-state index >= 15 is 0 Å². The van der Waals surface area contributed by atoms with Gasteiger partial charge in [-0.2, -0.15) is 4.31 Å². The highest BCUT2D eigenvalue weighted by molar-refractivity contribution is 7.89. The second-order valence-electron chi connectivity index (χ2n) is 4.98. The molecule has 0 aliphatic carbocycles. The van der Waals surface area contributed by atoms with Crippen molar-refractivity contribution in [3.8, 4) is 0 Å². The van der Waals surface area contributed by atoms with Gasteiger partial charge in [0.1, 0.15) is 0 Å². The van der Waals surface area contributed by atoms with Gasteiger partial charge in [-0.25, -0.2) is 8.42 Å². The molecule has 1 aliphatic heterocycles. The van der Waals surface area contributed by atoms with Gasteiger partial charge in [0.25, 0.3) is 5.69 Å². The molecule has 0 spiro atoms. The summed E-state index contributed by atoms with van der Waals surface area (Å²) < 4.78 is 26.3. The Balaban J connectivity index is 2.15. The Morgan fingerprint density at radius 1 is 1.26 bits per heavy atom. The second kappa shape index (κ2) is 6.88. The van der Waals surface area contributed by atoms with E-state index < -0.39 is 14.9 Å². The van der Waals surface area contributed by atoms with E-state index in [1.807, 2.05) is 0 Å². The number of benzene rings is 1. The SMILES string of the molecule is C/C=C/C(=O)N1CCN(S(=O)(=O)c2cccc([N+](=O)[O-])c2)CC1. The van der Waals surface area contributed by atoms with Crippen molar-refractivity contribution < 1.29 is 18.1 Å². The molecular weight excluding hydrogens is 322 g/mol. The summed E-state index contributed by atoms with van der Waals surface area (Å²) in [7, 11) is -3.81. The van der Waals surface area contributed by atoms with Crippen molar-refractivity contribution in [1.82, 2.24) is 9.21 Å². The summed E-state index contributed by atoms with van der Waals surface area (Å²) in [6.45, 7) is 2.64. The van der Waals surface area contributed by atoms with E-state index in [9.17, 15) is 23.3 Å². The minimum absolute atomic E-state index is 0.111. The summed E-state index contributed by atoms with van der Waals surface area (Å²) in [5.41, 5.74) is -0.270. The lowest BCUT2D eigenvalue weighted by molar-refractivity contribution is -0.385. The molecule has 0 atom stereocenters. The maximum absolute atomic E-state index is 12.6. The molecule has 124 valence electrons. The van der Waals surface area contributed by atoms with Gasteiger partial charge in [-0.15, -0.1) is 0 Å². The Morgan fingerprint density at radius 2 is 1.91 bits per heavy atom. The minimum Gasteiger partial charge on any atom is -0.337 e. The highest BCUT2D eigenvalue weighted by Gasteiger charge is 2.30. The number of hydrogen-bond acceptors (Lipinski definition) is 5. The van der Waals surface area contributed by atoms with Crippen LogP contribution in [0.15, 0.2) is 41.3 Å². The van der Waals surface area contributed by atoms with Crippen molar-refractivity contribution in [1.29, 1.82) is 0 Å². The van der Waals surface area contributed by atoms with Crippen LogP contribution in [0.25, 0.3) is 0 Å². The van der Waals surface area contributed by atoms with Crippen LogP contribution >= 0.6 is 0 Å². The number of hydrogen-bond donors (Lipinski definition) is 0. The topological polar surface area (TPSA) is 101 Å². The standard InChI is InChI=1S/C14H17N3O5S/c1-2-4-14(18)15-7-9-16(10-8-15)23(21,22)13-6-3-5-12(11-13)17(19)20/h2-6,11H,7-10H2,1H3/b4-2+. The first-order valence-electron chi connectivity index (χ1n) is 7.02. The fourth-order valence-corrected chi connectivity index (χ4v) is 3.77. The van der Waals surface area contributed by atoms with Crippen LogP contribution in [0.4, 0.5) is 5.69 Å². The Labute approximate surface area is 134 Å². The third-order valence-electron chi connectivity index (χ3n) is 3.53. The molecule has 8 nitrogen and oxygen atoms in total. The van der Waals surface area contributed by atoms with Gasteiger partial charge in [0.15, 0.2) is 0 Å². The molecule has 1 aliphatic rings. The van der Waals surface area contributed by atoms with Crippen LogP contribution in [-0.2, 0) is 14.8 Å². The summed E-state index contributed by atoms with van der Waals surface area (Å²) in [4.78, 5) is 23.3. The van der Waals surface area contributed by atoms with Gasteiger partial charge in [-0.05, 0) is 19.1 Å². The van der Waals surface area contributed by atoms with Crippen molar-refractivity contribution in [2.75, 3.05) is 26.2 Å². The summed E-state index contributed by atoms with van der Waals surface area (Å²) in [5, 5.41) is 10.8. The fraction of sp³-hybridized carbons (Fsp3) is 0.357. The van der Waals surface area contributed by atoms with Gasteiger partial charge < -0.3 is 4.90 Å². The van der Waals surface area contributed by atoms with Crippen molar-refractivity contribution in [3.63, 3.8) is 0 Å². The van der Waals surface area contributed by atoms with Crippen molar-refractivity contribution in [2.45, 2.75) is 11.8 Å². The lowest BCUT2D eigenvalue weighted by Crippen LogP contribution is -2.50. The summed E-state index contributed by atoms with van der Waals surface area (Å²) >= 11 is 0. The van der Waals surface area contributed by atoms with Crippen molar-refractivity contribution in [2.24, 2.45) is 0 Å². The highest BCUT2D eigenvalue weighted by atomic mass is 32.2. The van der Waals surface area contributed by atoms with E-state index in [0.29, 0.717) is 0 Å². The molecular formula is C14H17N3O5S. The zero-order valence-electron chi connectivity index (χ0n) is 12.6. The number of allylic oxidation sites excluding steroid dienone is 1. The number of piperazine rings is 1. The number of rotatable bonds is 4. The van der Waals surface area contributed by atoms with E-state index in [4.69, 9.17) is 0 Å². The smallest absolute Gasteiger partial charge is 0.270 e. The number of nitro benzene ring substituents is 1. The lowest BCUT2D eigenvalue weighted by atomic mass is 10.3. The lowest BCUT2D eigenvalue weighted by Gasteiger charge is -2.33. The average molecular weight is 339 g/mol. The molecule has 2 rings (SSSR count). The van der Waals surface area contributed by atoms with E-state index in [-0.39, 0.29) is 42.7 Å². The summed E-state index contributed by atoms with van der Waals surface area (Å²) in [5.74, 6) is -0.153. The maximum atomic E-state index is 12.6. The molecule has 23 heavy (non-hydrogen) atoms. The number of sulfonamides is 1. The summed E-state index contributed by atoms with van der Waals surface area (Å²) in [6, 6.07) is 4.97. The predicted octanol–water partition coefficient (Wildman–Crippen LogP) is 1.00. The number of nitro groups is 1.